The molecule has 1 fully saturated rings. The van der Waals surface area contributed by atoms with Crippen molar-refractivity contribution >= 4 is 38.6 Å². The van der Waals surface area contributed by atoms with Crippen molar-refractivity contribution in [1.29, 1.82) is 0 Å². The van der Waals surface area contributed by atoms with Gasteiger partial charge in [0.15, 0.2) is 0 Å². The SMILES string of the molecule is C=C1CN(c2ccccc2)C(=O)[C@H](Cc2cn(C(=O)OC(C)(C)C)c3ccccc23)N1S(=O)(=O)c1ccc(C)cc1. The Bertz CT molecular complexity index is 1740. The smallest absolute Gasteiger partial charge is 0.419 e. The Morgan fingerprint density at radius 2 is 1.61 bits per heavy atom. The molecule has 0 bridgehead atoms. The predicted molar refractivity (Wildman–Crippen MR) is 159 cm³/mol. The summed E-state index contributed by atoms with van der Waals surface area (Å²) in [5.41, 5.74) is 2.36. The lowest BCUT2D eigenvalue weighted by atomic mass is 10.0. The fourth-order valence-electron chi connectivity index (χ4n) is 5.07. The Hall–Kier alpha value is -4.37. The number of hydrogen-bond acceptors (Lipinski definition) is 5. The van der Waals surface area contributed by atoms with E-state index in [9.17, 15) is 18.0 Å². The van der Waals surface area contributed by atoms with Crippen LogP contribution in [0.15, 0.2) is 102 Å². The highest BCUT2D eigenvalue weighted by Gasteiger charge is 2.44. The number of nitrogens with zero attached hydrogens (tertiary/aromatic N) is 3. The molecule has 0 radical (unpaired) electrons. The molecule has 212 valence electrons. The molecule has 2 heterocycles. The van der Waals surface area contributed by atoms with E-state index in [1.807, 2.05) is 43.3 Å². The van der Waals surface area contributed by atoms with Crippen LogP contribution in [0.3, 0.4) is 0 Å². The maximum absolute atomic E-state index is 14.2. The monoisotopic (exact) mass is 571 g/mol. The number of rotatable bonds is 5. The maximum atomic E-state index is 14.2. The largest absolute Gasteiger partial charge is 0.443 e. The van der Waals surface area contributed by atoms with Gasteiger partial charge in [-0.2, -0.15) is 0 Å². The molecule has 8 nitrogen and oxygen atoms in total. The van der Waals surface area contributed by atoms with Crippen molar-refractivity contribution in [1.82, 2.24) is 8.87 Å². The molecule has 1 aliphatic heterocycles. The molecule has 41 heavy (non-hydrogen) atoms. The molecule has 3 aromatic carbocycles. The predicted octanol–water partition coefficient (Wildman–Crippen LogP) is 5.90. The average Bonchev–Trinajstić information content (AvgIpc) is 3.29. The lowest BCUT2D eigenvalue weighted by Crippen LogP contribution is -2.58. The number of fused-ring (bicyclic) bond motifs is 1. The fourth-order valence-corrected chi connectivity index (χ4v) is 6.68. The number of benzene rings is 3. The number of piperazine rings is 1. The van der Waals surface area contributed by atoms with E-state index in [-0.39, 0.29) is 29.5 Å². The molecule has 4 aromatic rings. The van der Waals surface area contributed by atoms with Crippen molar-refractivity contribution < 1.29 is 22.7 Å². The molecule has 1 saturated heterocycles. The zero-order valence-corrected chi connectivity index (χ0v) is 24.4. The van der Waals surface area contributed by atoms with Gasteiger partial charge >= 0.3 is 6.09 Å². The molecule has 5 rings (SSSR count). The number of sulfonamides is 1. The van der Waals surface area contributed by atoms with E-state index in [1.165, 1.54) is 16.7 Å². The van der Waals surface area contributed by atoms with Crippen LogP contribution in [-0.2, 0) is 26.0 Å². The minimum Gasteiger partial charge on any atom is -0.443 e. The number of aromatic nitrogens is 1. The molecule has 1 aromatic heterocycles. The Balaban J connectivity index is 1.62. The molecular weight excluding hydrogens is 538 g/mol. The Kier molecular flexibility index (Phi) is 7.25. The number of carbonyl (C=O) groups is 2. The molecule has 0 aliphatic carbocycles. The second kappa shape index (κ2) is 10.6. The molecule has 0 unspecified atom stereocenters. The minimum atomic E-state index is -4.13. The van der Waals surface area contributed by atoms with Crippen LogP contribution in [0.1, 0.15) is 31.9 Å². The molecule has 0 N–H and O–H groups in total. The van der Waals surface area contributed by atoms with E-state index in [1.54, 1.807) is 62.2 Å². The number of ether oxygens (including phenoxy) is 1. The molecular formula is C32H33N3O5S. The summed E-state index contributed by atoms with van der Waals surface area (Å²) in [6.07, 6.45) is 1.09. The summed E-state index contributed by atoms with van der Waals surface area (Å²) in [5.74, 6) is -0.381. The van der Waals surface area contributed by atoms with Crippen LogP contribution < -0.4 is 4.90 Å². The highest BCUT2D eigenvalue weighted by atomic mass is 32.2. The summed E-state index contributed by atoms with van der Waals surface area (Å²) in [6, 6.07) is 21.8. The van der Waals surface area contributed by atoms with Crippen LogP contribution in [-0.4, -0.2) is 47.5 Å². The third-order valence-corrected chi connectivity index (χ3v) is 8.83. The highest BCUT2D eigenvalue weighted by molar-refractivity contribution is 7.89. The number of aryl methyl sites for hydroxylation is 1. The average molecular weight is 572 g/mol. The maximum Gasteiger partial charge on any atom is 0.419 e. The topological polar surface area (TPSA) is 88.9 Å². The lowest BCUT2D eigenvalue weighted by molar-refractivity contribution is -0.122. The number of hydrogen-bond donors (Lipinski definition) is 0. The van der Waals surface area contributed by atoms with Gasteiger partial charge in [-0.15, -0.1) is 0 Å². The zero-order valence-electron chi connectivity index (χ0n) is 23.6. The van der Waals surface area contributed by atoms with Crippen LogP contribution >= 0.6 is 0 Å². The minimum absolute atomic E-state index is 0.0165. The third-order valence-electron chi connectivity index (χ3n) is 6.93. The van der Waals surface area contributed by atoms with Crippen LogP contribution in [0, 0.1) is 6.92 Å². The Labute approximate surface area is 240 Å². The molecule has 0 saturated carbocycles. The summed E-state index contributed by atoms with van der Waals surface area (Å²) in [4.78, 5) is 28.9. The summed E-state index contributed by atoms with van der Waals surface area (Å²) in [7, 11) is -4.13. The number of anilines is 1. The molecule has 0 spiro atoms. The third kappa shape index (κ3) is 5.50. The first-order valence-electron chi connectivity index (χ1n) is 13.3. The normalized spacial score (nSPS) is 16.3. The first-order chi connectivity index (χ1) is 19.4. The van der Waals surface area contributed by atoms with Crippen molar-refractivity contribution in [3.8, 4) is 0 Å². The zero-order chi connectivity index (χ0) is 29.5. The van der Waals surface area contributed by atoms with Crippen LogP contribution in [0.4, 0.5) is 10.5 Å². The number of para-hydroxylation sites is 2. The van der Waals surface area contributed by atoms with E-state index in [0.29, 0.717) is 16.8 Å². The van der Waals surface area contributed by atoms with Gasteiger partial charge in [-0.25, -0.2) is 13.2 Å². The van der Waals surface area contributed by atoms with Gasteiger partial charge in [-0.1, -0.05) is 60.7 Å². The first kappa shape index (κ1) is 28.2. The van der Waals surface area contributed by atoms with Gasteiger partial charge in [0, 0.05) is 29.4 Å². The van der Waals surface area contributed by atoms with Crippen molar-refractivity contribution in [2.45, 2.75) is 50.7 Å². The molecule has 1 aliphatic rings. The second-order valence-electron chi connectivity index (χ2n) is 11.2. The van der Waals surface area contributed by atoms with Gasteiger partial charge in [-0.05, 0) is 63.6 Å². The van der Waals surface area contributed by atoms with Gasteiger partial charge in [0.1, 0.15) is 11.6 Å². The molecule has 9 heteroatoms. The molecule has 1 atom stereocenters. The van der Waals surface area contributed by atoms with Crippen molar-refractivity contribution in [2.75, 3.05) is 11.4 Å². The van der Waals surface area contributed by atoms with E-state index in [2.05, 4.69) is 6.58 Å². The van der Waals surface area contributed by atoms with Crippen molar-refractivity contribution in [2.24, 2.45) is 0 Å². The van der Waals surface area contributed by atoms with E-state index < -0.39 is 27.8 Å². The van der Waals surface area contributed by atoms with Crippen LogP contribution in [0.2, 0.25) is 0 Å². The standard InChI is InChI=1S/C32H33N3O5S/c1-22-15-17-26(18-16-22)41(38,39)35-23(2)20-33(25-11-7-6-8-12-25)30(36)29(35)19-24-21-34(31(37)40-32(3,4)5)28-14-10-9-13-27(24)28/h6-18,21,29H,2,19-20H2,1,3-5H3/t29-/m0/s1. The van der Waals surface area contributed by atoms with Crippen LogP contribution in [0.25, 0.3) is 10.9 Å². The van der Waals surface area contributed by atoms with Crippen molar-refractivity contribution in [3.05, 3.63) is 108 Å². The lowest BCUT2D eigenvalue weighted by Gasteiger charge is -2.42. The van der Waals surface area contributed by atoms with E-state index in [0.717, 1.165) is 15.3 Å². The Morgan fingerprint density at radius 1 is 0.976 bits per heavy atom. The van der Waals surface area contributed by atoms with E-state index >= 15 is 0 Å². The second-order valence-corrected chi connectivity index (χ2v) is 13.0. The van der Waals surface area contributed by atoms with Gasteiger partial charge in [0.05, 0.1) is 17.0 Å². The van der Waals surface area contributed by atoms with Gasteiger partial charge in [0.2, 0.25) is 0 Å². The summed E-state index contributed by atoms with van der Waals surface area (Å²) >= 11 is 0. The Morgan fingerprint density at radius 3 is 2.27 bits per heavy atom. The number of carbonyl (C=O) groups excluding carboxylic acids is 2. The van der Waals surface area contributed by atoms with Gasteiger partial charge < -0.3 is 9.64 Å². The van der Waals surface area contributed by atoms with Gasteiger partial charge in [-0.3, -0.25) is 13.7 Å². The fraction of sp³-hybridized carbons (Fsp3) is 0.250. The highest BCUT2D eigenvalue weighted by Crippen LogP contribution is 2.34. The summed E-state index contributed by atoms with van der Waals surface area (Å²) in [5, 5.41) is 0.723. The first-order valence-corrected chi connectivity index (χ1v) is 14.8. The number of amides is 1. The van der Waals surface area contributed by atoms with E-state index in [4.69, 9.17) is 4.74 Å². The van der Waals surface area contributed by atoms with Gasteiger partial charge in [0.25, 0.3) is 15.9 Å². The summed E-state index contributed by atoms with van der Waals surface area (Å²) in [6.45, 7) is 11.4. The van der Waals surface area contributed by atoms with Crippen molar-refractivity contribution in [3.63, 3.8) is 0 Å². The summed E-state index contributed by atoms with van der Waals surface area (Å²) < 4.78 is 36.3. The van der Waals surface area contributed by atoms with Crippen LogP contribution in [0.5, 0.6) is 0 Å². The molecule has 1 amide bonds. The quantitative estimate of drug-likeness (QED) is 0.298.